The molecule has 0 unspecified atom stereocenters. The van der Waals surface area contributed by atoms with Crippen LogP contribution in [0, 0.1) is 13.8 Å². The first kappa shape index (κ1) is 15.0. The smallest absolute Gasteiger partial charge is 0.240 e. The molecule has 0 aliphatic rings. The van der Waals surface area contributed by atoms with Crippen molar-refractivity contribution in [1.29, 1.82) is 0 Å². The molecular weight excluding hydrogens is 294 g/mol. The lowest BCUT2D eigenvalue weighted by Gasteiger charge is -2.11. The van der Waals surface area contributed by atoms with Crippen molar-refractivity contribution in [2.75, 3.05) is 12.4 Å². The second-order valence-corrected chi connectivity index (χ2v) is 7.34. The number of aryl methyl sites for hydroxylation is 2. The van der Waals surface area contributed by atoms with Crippen molar-refractivity contribution in [2.24, 2.45) is 0 Å². The van der Waals surface area contributed by atoms with Crippen LogP contribution in [0.2, 0.25) is 0 Å². The topological polar surface area (TPSA) is 71.1 Å². The average Bonchev–Trinajstić information content (AvgIpc) is 2.83. The van der Waals surface area contributed by atoms with Crippen molar-refractivity contribution in [3.8, 4) is 0 Å². The third-order valence-electron chi connectivity index (χ3n) is 2.91. The Labute approximate surface area is 123 Å². The van der Waals surface area contributed by atoms with Gasteiger partial charge in [0.25, 0.3) is 0 Å². The van der Waals surface area contributed by atoms with Gasteiger partial charge in [-0.05, 0) is 38.6 Å². The molecule has 20 heavy (non-hydrogen) atoms. The summed E-state index contributed by atoms with van der Waals surface area (Å²) in [6.45, 7) is 4.47. The SMILES string of the molecule is CNS(=O)(=O)c1ccc(C)c(NCc2csc(C)n2)c1. The molecule has 0 radical (unpaired) electrons. The van der Waals surface area contributed by atoms with Gasteiger partial charge in [0, 0.05) is 11.1 Å². The number of anilines is 1. The highest BCUT2D eigenvalue weighted by atomic mass is 32.2. The van der Waals surface area contributed by atoms with Gasteiger partial charge in [-0.1, -0.05) is 6.07 Å². The number of sulfonamides is 1. The summed E-state index contributed by atoms with van der Waals surface area (Å²) in [6.07, 6.45) is 0. The summed E-state index contributed by atoms with van der Waals surface area (Å²) in [4.78, 5) is 4.62. The van der Waals surface area contributed by atoms with Gasteiger partial charge in [0.15, 0.2) is 0 Å². The summed E-state index contributed by atoms with van der Waals surface area (Å²) in [5, 5.41) is 6.24. The van der Waals surface area contributed by atoms with Gasteiger partial charge in [-0.3, -0.25) is 0 Å². The van der Waals surface area contributed by atoms with Gasteiger partial charge in [0.2, 0.25) is 10.0 Å². The highest BCUT2D eigenvalue weighted by Crippen LogP contribution is 2.21. The molecule has 1 aromatic heterocycles. The molecule has 7 heteroatoms. The van der Waals surface area contributed by atoms with Crippen LogP contribution in [0.25, 0.3) is 0 Å². The number of rotatable bonds is 5. The molecule has 1 heterocycles. The van der Waals surface area contributed by atoms with E-state index in [2.05, 4.69) is 15.0 Å². The van der Waals surface area contributed by atoms with E-state index in [1.807, 2.05) is 19.2 Å². The normalized spacial score (nSPS) is 11.6. The maximum atomic E-state index is 11.8. The third-order valence-corrected chi connectivity index (χ3v) is 5.15. The van der Waals surface area contributed by atoms with Crippen molar-refractivity contribution in [3.05, 3.63) is 39.8 Å². The fourth-order valence-corrected chi connectivity index (χ4v) is 3.12. The highest BCUT2D eigenvalue weighted by molar-refractivity contribution is 7.89. The van der Waals surface area contributed by atoms with Crippen molar-refractivity contribution in [2.45, 2.75) is 25.3 Å². The van der Waals surface area contributed by atoms with E-state index in [9.17, 15) is 8.42 Å². The number of thiazole rings is 1. The molecule has 2 aromatic rings. The van der Waals surface area contributed by atoms with E-state index >= 15 is 0 Å². The summed E-state index contributed by atoms with van der Waals surface area (Å²) in [7, 11) is -2.02. The van der Waals surface area contributed by atoms with Gasteiger partial charge < -0.3 is 5.32 Å². The Kier molecular flexibility index (Phi) is 4.42. The van der Waals surface area contributed by atoms with E-state index in [-0.39, 0.29) is 4.90 Å². The lowest BCUT2D eigenvalue weighted by atomic mass is 10.2. The van der Waals surface area contributed by atoms with E-state index in [1.54, 1.807) is 29.5 Å². The van der Waals surface area contributed by atoms with Gasteiger partial charge in [-0.15, -0.1) is 11.3 Å². The monoisotopic (exact) mass is 311 g/mol. The summed E-state index contributed by atoms with van der Waals surface area (Å²) in [5.41, 5.74) is 2.74. The van der Waals surface area contributed by atoms with Crippen LogP contribution in [0.1, 0.15) is 16.3 Å². The standard InChI is InChI=1S/C13H17N3O2S2/c1-9-4-5-12(20(17,18)14-3)6-13(9)15-7-11-8-19-10(2)16-11/h4-6,8,14-15H,7H2,1-3H3. The number of hydrogen-bond donors (Lipinski definition) is 2. The molecule has 1 aromatic carbocycles. The number of hydrogen-bond acceptors (Lipinski definition) is 5. The van der Waals surface area contributed by atoms with Crippen molar-refractivity contribution in [1.82, 2.24) is 9.71 Å². The fourth-order valence-electron chi connectivity index (χ4n) is 1.75. The zero-order chi connectivity index (χ0) is 14.8. The third kappa shape index (κ3) is 3.36. The van der Waals surface area contributed by atoms with E-state index in [1.165, 1.54) is 7.05 Å². The largest absolute Gasteiger partial charge is 0.379 e. The summed E-state index contributed by atoms with van der Waals surface area (Å²) in [5.74, 6) is 0. The second kappa shape index (κ2) is 5.90. The summed E-state index contributed by atoms with van der Waals surface area (Å²) < 4.78 is 25.9. The minimum atomic E-state index is -3.42. The zero-order valence-corrected chi connectivity index (χ0v) is 13.2. The molecule has 0 aliphatic heterocycles. The minimum absolute atomic E-state index is 0.252. The van der Waals surface area contributed by atoms with E-state index in [4.69, 9.17) is 0 Å². The summed E-state index contributed by atoms with van der Waals surface area (Å²) in [6, 6.07) is 5.03. The quantitative estimate of drug-likeness (QED) is 0.888. The summed E-state index contributed by atoms with van der Waals surface area (Å²) >= 11 is 1.60. The molecule has 0 amide bonds. The fraction of sp³-hybridized carbons (Fsp3) is 0.308. The molecule has 0 saturated carbocycles. The van der Waals surface area contributed by atoms with Crippen LogP contribution in [-0.2, 0) is 16.6 Å². The first-order chi connectivity index (χ1) is 9.42. The van der Waals surface area contributed by atoms with Crippen LogP contribution in [0.5, 0.6) is 0 Å². The maximum absolute atomic E-state index is 11.8. The van der Waals surface area contributed by atoms with Gasteiger partial charge in [0.05, 0.1) is 22.1 Å². The van der Waals surface area contributed by atoms with Crippen LogP contribution >= 0.6 is 11.3 Å². The second-order valence-electron chi connectivity index (χ2n) is 4.40. The highest BCUT2D eigenvalue weighted by Gasteiger charge is 2.12. The Morgan fingerprint density at radius 2 is 2.05 bits per heavy atom. The van der Waals surface area contributed by atoms with Gasteiger partial charge in [0.1, 0.15) is 0 Å². The molecule has 0 fully saturated rings. The van der Waals surface area contributed by atoms with Gasteiger partial charge in [-0.2, -0.15) is 0 Å². The van der Waals surface area contributed by atoms with E-state index in [0.717, 1.165) is 22.0 Å². The van der Waals surface area contributed by atoms with Gasteiger partial charge >= 0.3 is 0 Å². The molecule has 2 N–H and O–H groups in total. The Morgan fingerprint density at radius 3 is 2.65 bits per heavy atom. The van der Waals surface area contributed by atoms with E-state index < -0.39 is 10.0 Å². The van der Waals surface area contributed by atoms with Crippen molar-refractivity contribution >= 4 is 27.0 Å². The van der Waals surface area contributed by atoms with Crippen LogP contribution < -0.4 is 10.0 Å². The van der Waals surface area contributed by atoms with Gasteiger partial charge in [-0.25, -0.2) is 18.1 Å². The van der Waals surface area contributed by atoms with Crippen LogP contribution in [0.4, 0.5) is 5.69 Å². The predicted molar refractivity (Wildman–Crippen MR) is 81.6 cm³/mol. The number of nitrogens with one attached hydrogen (secondary N) is 2. The number of nitrogens with zero attached hydrogens (tertiary/aromatic N) is 1. The first-order valence-corrected chi connectivity index (χ1v) is 8.48. The molecular formula is C13H17N3O2S2. The minimum Gasteiger partial charge on any atom is -0.379 e. The lowest BCUT2D eigenvalue weighted by Crippen LogP contribution is -2.18. The molecule has 2 rings (SSSR count). The maximum Gasteiger partial charge on any atom is 0.240 e. The predicted octanol–water partition coefficient (Wildman–Crippen LogP) is 2.28. The average molecular weight is 311 g/mol. The number of aromatic nitrogens is 1. The number of benzene rings is 1. The molecule has 0 saturated heterocycles. The molecule has 0 aliphatic carbocycles. The molecule has 0 atom stereocenters. The first-order valence-electron chi connectivity index (χ1n) is 6.11. The van der Waals surface area contributed by atoms with Crippen LogP contribution in [0.15, 0.2) is 28.5 Å². The molecule has 0 bridgehead atoms. The van der Waals surface area contributed by atoms with Crippen molar-refractivity contribution < 1.29 is 8.42 Å². The van der Waals surface area contributed by atoms with Crippen LogP contribution in [0.3, 0.4) is 0 Å². The molecule has 108 valence electrons. The molecule has 5 nitrogen and oxygen atoms in total. The van der Waals surface area contributed by atoms with Crippen molar-refractivity contribution in [3.63, 3.8) is 0 Å². The Morgan fingerprint density at radius 1 is 1.30 bits per heavy atom. The van der Waals surface area contributed by atoms with Crippen LogP contribution in [-0.4, -0.2) is 20.4 Å². The zero-order valence-electron chi connectivity index (χ0n) is 11.6. The Balaban J connectivity index is 2.21. The lowest BCUT2D eigenvalue weighted by molar-refractivity contribution is 0.588. The molecule has 0 spiro atoms. The Bertz CT molecular complexity index is 708. The van der Waals surface area contributed by atoms with E-state index in [0.29, 0.717) is 6.54 Å². The Hall–Kier alpha value is -1.44.